The minimum Gasteiger partial charge on any atom is -0.462 e. The topological polar surface area (TPSA) is 189 Å². The lowest BCUT2D eigenvalue weighted by Gasteiger charge is -2.24. The Kier molecular flexibility index (Phi) is 9.62. The Bertz CT molecular complexity index is 1150. The summed E-state index contributed by atoms with van der Waals surface area (Å²) >= 11 is 0.955. The van der Waals surface area contributed by atoms with E-state index in [1.807, 2.05) is 13.8 Å². The Balaban J connectivity index is 2.31. The quantitative estimate of drug-likeness (QED) is 0.218. The first-order chi connectivity index (χ1) is 16.1. The van der Waals surface area contributed by atoms with Crippen molar-refractivity contribution in [3.8, 4) is 0 Å². The Morgan fingerprint density at radius 1 is 1.29 bits per heavy atom. The zero-order valence-electron chi connectivity index (χ0n) is 19.5. The molecule has 0 saturated carbocycles. The fourth-order valence-corrected chi connectivity index (χ4v) is 3.64. The molecule has 14 heteroatoms. The van der Waals surface area contributed by atoms with Gasteiger partial charge in [-0.05, 0) is 12.8 Å². The summed E-state index contributed by atoms with van der Waals surface area (Å²) in [4.78, 5) is 61.2. The van der Waals surface area contributed by atoms with Crippen LogP contribution in [0.25, 0.3) is 0 Å². The highest BCUT2D eigenvalue weighted by atomic mass is 32.2. The van der Waals surface area contributed by atoms with Gasteiger partial charge < -0.3 is 25.8 Å². The first kappa shape index (κ1) is 26.9. The monoisotopic (exact) mass is 495 g/mol. The molecule has 186 valence electrons. The number of carbonyl (C=O) groups excluding carboxylic acids is 2. The van der Waals surface area contributed by atoms with Crippen LogP contribution in [0.4, 0.5) is 17.3 Å². The van der Waals surface area contributed by atoms with Crippen LogP contribution in [0, 0.1) is 5.92 Å². The lowest BCUT2D eigenvalue weighted by atomic mass is 10.2. The van der Waals surface area contributed by atoms with E-state index < -0.39 is 23.1 Å². The molecule has 0 aromatic carbocycles. The molecule has 0 bridgehead atoms. The summed E-state index contributed by atoms with van der Waals surface area (Å²) < 4.78 is 11.2. The molecule has 2 rings (SSSR count). The number of methoxy groups -OCH3 is 1. The van der Waals surface area contributed by atoms with Crippen molar-refractivity contribution in [1.29, 1.82) is 0 Å². The number of nitrogens with two attached hydrogens (primary N) is 2. The van der Waals surface area contributed by atoms with E-state index in [-0.39, 0.29) is 66.0 Å². The predicted molar refractivity (Wildman–Crippen MR) is 128 cm³/mol. The van der Waals surface area contributed by atoms with Gasteiger partial charge in [0.2, 0.25) is 5.91 Å². The second kappa shape index (κ2) is 12.2. The number of esters is 1. The summed E-state index contributed by atoms with van der Waals surface area (Å²) in [5, 5.41) is 0.150. The Hall–Kier alpha value is -3.39. The highest BCUT2D eigenvalue weighted by Gasteiger charge is 2.25. The van der Waals surface area contributed by atoms with Gasteiger partial charge in [-0.2, -0.15) is 0 Å². The van der Waals surface area contributed by atoms with E-state index >= 15 is 0 Å². The van der Waals surface area contributed by atoms with Gasteiger partial charge in [0.1, 0.15) is 17.2 Å². The Morgan fingerprint density at radius 3 is 2.59 bits per heavy atom. The third-order valence-corrected chi connectivity index (χ3v) is 5.31. The molecule has 0 unspecified atom stereocenters. The molecule has 0 spiro atoms. The molecule has 5 N–H and O–H groups in total. The van der Waals surface area contributed by atoms with Gasteiger partial charge in [0.15, 0.2) is 10.8 Å². The number of amides is 1. The average Bonchev–Trinajstić information content (AvgIpc) is 2.77. The van der Waals surface area contributed by atoms with Crippen LogP contribution in [0.2, 0.25) is 0 Å². The van der Waals surface area contributed by atoms with Gasteiger partial charge in [-0.1, -0.05) is 25.6 Å². The summed E-state index contributed by atoms with van der Waals surface area (Å²) in [6, 6.07) is 0. The highest BCUT2D eigenvalue weighted by molar-refractivity contribution is 7.99. The zero-order chi connectivity index (χ0) is 25.4. The first-order valence-corrected chi connectivity index (χ1v) is 11.4. The summed E-state index contributed by atoms with van der Waals surface area (Å²) in [5.41, 5.74) is 10.4. The van der Waals surface area contributed by atoms with E-state index in [9.17, 15) is 19.2 Å². The van der Waals surface area contributed by atoms with Gasteiger partial charge in [0.05, 0.1) is 19.0 Å². The van der Waals surface area contributed by atoms with Gasteiger partial charge in [-0.15, -0.1) is 0 Å². The molecule has 13 nitrogen and oxygen atoms in total. The van der Waals surface area contributed by atoms with Crippen molar-refractivity contribution < 1.29 is 19.1 Å². The van der Waals surface area contributed by atoms with E-state index in [2.05, 4.69) is 15.0 Å². The Morgan fingerprint density at radius 2 is 2.00 bits per heavy atom. The maximum absolute atomic E-state index is 13.1. The summed E-state index contributed by atoms with van der Waals surface area (Å²) in [7, 11) is 1.45. The van der Waals surface area contributed by atoms with Crippen LogP contribution in [0.1, 0.15) is 31.1 Å². The van der Waals surface area contributed by atoms with Gasteiger partial charge in [-0.25, -0.2) is 19.6 Å². The molecule has 0 aliphatic rings. The SMILES string of the molecule is CCOC(=O)c1cnc(SCC(=O)N(CCOC)c2c(N)n(CC(C)C)c(=O)[nH]c2=O)nc1N. The van der Waals surface area contributed by atoms with Crippen molar-refractivity contribution in [2.45, 2.75) is 32.5 Å². The number of anilines is 3. The number of thioether (sulfide) groups is 1. The van der Waals surface area contributed by atoms with Crippen LogP contribution in [0.5, 0.6) is 0 Å². The molecule has 0 radical (unpaired) electrons. The minimum absolute atomic E-state index is 0.0194. The molecule has 2 aromatic rings. The van der Waals surface area contributed by atoms with Crippen LogP contribution in [-0.2, 0) is 20.8 Å². The van der Waals surface area contributed by atoms with Gasteiger partial charge >= 0.3 is 11.7 Å². The molecule has 0 fully saturated rings. The van der Waals surface area contributed by atoms with E-state index in [1.165, 1.54) is 17.9 Å². The molecule has 0 atom stereocenters. The Labute approximate surface area is 199 Å². The first-order valence-electron chi connectivity index (χ1n) is 10.4. The van der Waals surface area contributed by atoms with Crippen molar-refractivity contribution in [1.82, 2.24) is 19.5 Å². The summed E-state index contributed by atoms with van der Waals surface area (Å²) in [6.45, 7) is 6.01. The van der Waals surface area contributed by atoms with Crippen LogP contribution in [-0.4, -0.2) is 64.0 Å². The average molecular weight is 496 g/mol. The smallest absolute Gasteiger partial charge is 0.343 e. The summed E-state index contributed by atoms with van der Waals surface area (Å²) in [6.07, 6.45) is 1.22. The minimum atomic E-state index is -0.781. The predicted octanol–water partition coefficient (Wildman–Crippen LogP) is 0.0954. The number of H-pyrrole nitrogens is 1. The molecule has 0 aliphatic heterocycles. The third-order valence-electron chi connectivity index (χ3n) is 4.47. The molecule has 2 aromatic heterocycles. The second-order valence-electron chi connectivity index (χ2n) is 7.50. The standard InChI is InChI=1S/C20H29N7O6S/c1-5-33-18(30)12-8-23-19(24-15(12)21)34-10-13(28)26(6-7-32-4)14-16(22)27(9-11(2)3)20(31)25-17(14)29/h8,11H,5-7,9-10,22H2,1-4H3,(H2,21,23,24)(H,25,29,31). The number of ether oxygens (including phenoxy) is 2. The zero-order valence-corrected chi connectivity index (χ0v) is 20.3. The maximum Gasteiger partial charge on any atom is 0.343 e. The van der Waals surface area contributed by atoms with Gasteiger partial charge in [-0.3, -0.25) is 19.1 Å². The number of aromatic nitrogens is 4. The van der Waals surface area contributed by atoms with Crippen molar-refractivity contribution in [2.75, 3.05) is 49.0 Å². The largest absolute Gasteiger partial charge is 0.462 e. The maximum atomic E-state index is 13.1. The normalized spacial score (nSPS) is 11.0. The molecule has 0 saturated heterocycles. The lowest BCUT2D eigenvalue weighted by molar-refractivity contribution is -0.116. The molecule has 34 heavy (non-hydrogen) atoms. The fourth-order valence-electron chi connectivity index (χ4n) is 2.95. The van der Waals surface area contributed by atoms with E-state index in [1.54, 1.807) is 6.92 Å². The van der Waals surface area contributed by atoms with Gasteiger partial charge in [0.25, 0.3) is 5.56 Å². The van der Waals surface area contributed by atoms with Crippen LogP contribution < -0.4 is 27.6 Å². The fraction of sp³-hybridized carbons (Fsp3) is 0.500. The number of hydrogen-bond acceptors (Lipinski definition) is 11. The molecule has 1 amide bonds. The van der Waals surface area contributed by atoms with Crippen molar-refractivity contribution in [3.63, 3.8) is 0 Å². The molecule has 0 aliphatic carbocycles. The van der Waals surface area contributed by atoms with Crippen molar-refractivity contribution in [3.05, 3.63) is 32.6 Å². The number of aromatic amines is 1. The molecular weight excluding hydrogens is 466 g/mol. The number of rotatable bonds is 11. The second-order valence-corrected chi connectivity index (χ2v) is 8.44. The van der Waals surface area contributed by atoms with Crippen molar-refractivity contribution in [2.24, 2.45) is 5.92 Å². The summed E-state index contributed by atoms with van der Waals surface area (Å²) in [5.74, 6) is -1.45. The van der Waals surface area contributed by atoms with Crippen LogP contribution >= 0.6 is 11.8 Å². The lowest BCUT2D eigenvalue weighted by Crippen LogP contribution is -2.43. The van der Waals surface area contributed by atoms with E-state index in [0.29, 0.717) is 0 Å². The van der Waals surface area contributed by atoms with Crippen molar-refractivity contribution >= 4 is 41.0 Å². The number of hydrogen-bond donors (Lipinski definition) is 3. The number of carbonyl (C=O) groups is 2. The van der Waals surface area contributed by atoms with Crippen LogP contribution in [0.3, 0.4) is 0 Å². The van der Waals surface area contributed by atoms with E-state index in [4.69, 9.17) is 20.9 Å². The molecular formula is C20H29N7O6S. The molecule has 2 heterocycles. The highest BCUT2D eigenvalue weighted by Crippen LogP contribution is 2.21. The third kappa shape index (κ3) is 6.57. The number of nitrogens with one attached hydrogen (secondary N) is 1. The number of nitrogens with zero attached hydrogens (tertiary/aromatic N) is 4. The van der Waals surface area contributed by atoms with Gasteiger partial charge in [0, 0.05) is 26.4 Å². The van der Waals surface area contributed by atoms with Crippen LogP contribution in [0.15, 0.2) is 20.9 Å². The number of nitrogen functional groups attached to an aromatic ring is 2. The van der Waals surface area contributed by atoms with E-state index in [0.717, 1.165) is 16.7 Å².